The van der Waals surface area contributed by atoms with Crippen LogP contribution in [0.2, 0.25) is 0 Å². The van der Waals surface area contributed by atoms with Crippen molar-refractivity contribution in [2.24, 2.45) is 0 Å². The van der Waals surface area contributed by atoms with Gasteiger partial charge in [-0.1, -0.05) is 36.0 Å². The summed E-state index contributed by atoms with van der Waals surface area (Å²) in [4.78, 5) is 18.1. The molecule has 0 spiro atoms. The minimum absolute atomic E-state index is 0.0147. The summed E-state index contributed by atoms with van der Waals surface area (Å²) in [5.41, 5.74) is 3.82. The normalized spacial score (nSPS) is 17.1. The lowest BCUT2D eigenvalue weighted by atomic mass is 10.1. The largest absolute Gasteiger partial charge is 0.377 e. The number of fused-ring (bicyclic) bond motifs is 1. The van der Waals surface area contributed by atoms with Crippen LogP contribution in [-0.2, 0) is 4.74 Å². The number of nitrogens with zero attached hydrogens (tertiary/aromatic N) is 2. The number of hydrogen-bond acceptors (Lipinski definition) is 4. The molecule has 1 aliphatic rings. The fourth-order valence-electron chi connectivity index (χ4n) is 3.33. The number of para-hydroxylation sites is 1. The van der Waals surface area contributed by atoms with E-state index in [2.05, 4.69) is 18.2 Å². The molecule has 0 radical (unpaired) electrons. The molecule has 4 nitrogen and oxygen atoms in total. The Morgan fingerprint density at radius 3 is 2.88 bits per heavy atom. The van der Waals surface area contributed by atoms with Crippen molar-refractivity contribution < 1.29 is 4.74 Å². The van der Waals surface area contributed by atoms with Crippen LogP contribution >= 0.6 is 11.8 Å². The first-order valence-electron chi connectivity index (χ1n) is 8.97. The molecule has 0 amide bonds. The number of benzene rings is 2. The lowest BCUT2D eigenvalue weighted by molar-refractivity contribution is 0.129. The van der Waals surface area contributed by atoms with E-state index in [0.717, 1.165) is 52.7 Å². The van der Waals surface area contributed by atoms with Crippen LogP contribution in [0.25, 0.3) is 16.6 Å². The second kappa shape index (κ2) is 7.25. The first kappa shape index (κ1) is 17.3. The number of aryl methyl sites for hydroxylation is 2. The fourth-order valence-corrected chi connectivity index (χ4v) is 4.40. The third-order valence-corrected chi connectivity index (χ3v) is 5.84. The predicted octanol–water partition coefficient (Wildman–Crippen LogP) is 4.27. The molecule has 1 aromatic heterocycles. The topological polar surface area (TPSA) is 44.1 Å². The molecule has 0 N–H and O–H groups in total. The van der Waals surface area contributed by atoms with Gasteiger partial charge in [0.25, 0.3) is 5.56 Å². The molecule has 2 aromatic carbocycles. The molecule has 1 aliphatic heterocycles. The lowest BCUT2D eigenvalue weighted by Crippen LogP contribution is -2.23. The van der Waals surface area contributed by atoms with Gasteiger partial charge in [0.05, 0.1) is 22.7 Å². The zero-order valence-electron chi connectivity index (χ0n) is 15.1. The Morgan fingerprint density at radius 1 is 1.23 bits per heavy atom. The summed E-state index contributed by atoms with van der Waals surface area (Å²) < 4.78 is 7.51. The van der Waals surface area contributed by atoms with E-state index in [4.69, 9.17) is 9.72 Å². The molecular weight excluding hydrogens is 344 g/mol. The molecule has 134 valence electrons. The maximum atomic E-state index is 13.3. The predicted molar refractivity (Wildman–Crippen MR) is 107 cm³/mol. The van der Waals surface area contributed by atoms with Crippen molar-refractivity contribution in [2.45, 2.75) is 37.9 Å². The van der Waals surface area contributed by atoms with Crippen LogP contribution in [0.5, 0.6) is 0 Å². The Morgan fingerprint density at radius 2 is 2.08 bits per heavy atom. The van der Waals surface area contributed by atoms with Crippen molar-refractivity contribution in [1.82, 2.24) is 9.55 Å². The van der Waals surface area contributed by atoms with E-state index in [1.54, 1.807) is 16.3 Å². The molecule has 2 heterocycles. The fraction of sp³-hybridized carbons (Fsp3) is 0.333. The maximum absolute atomic E-state index is 13.3. The highest BCUT2D eigenvalue weighted by atomic mass is 32.2. The molecule has 0 bridgehead atoms. The Balaban J connectivity index is 1.87. The summed E-state index contributed by atoms with van der Waals surface area (Å²) in [5.74, 6) is 0.815. The smallest absolute Gasteiger partial charge is 0.266 e. The summed E-state index contributed by atoms with van der Waals surface area (Å²) in [6.45, 7) is 4.91. The van der Waals surface area contributed by atoms with Gasteiger partial charge in [-0.3, -0.25) is 9.36 Å². The van der Waals surface area contributed by atoms with Gasteiger partial charge < -0.3 is 4.74 Å². The van der Waals surface area contributed by atoms with E-state index in [9.17, 15) is 4.79 Å². The first-order valence-corrected chi connectivity index (χ1v) is 9.96. The number of aromatic nitrogens is 2. The van der Waals surface area contributed by atoms with Crippen molar-refractivity contribution in [3.8, 4) is 5.69 Å². The second-order valence-electron chi connectivity index (χ2n) is 6.79. The van der Waals surface area contributed by atoms with E-state index < -0.39 is 0 Å². The van der Waals surface area contributed by atoms with E-state index in [1.165, 1.54) is 0 Å². The van der Waals surface area contributed by atoms with Crippen LogP contribution in [0.4, 0.5) is 0 Å². The standard InChI is InChI=1S/C21H22N2O2S/c1-14-9-10-15(2)19(12-14)23-20(24)17-7-3-4-8-18(17)22-21(23)26-13-16-6-5-11-25-16/h3-4,7-10,12,16H,5-6,11,13H2,1-2H3/t16-/m0/s1. The second-order valence-corrected chi connectivity index (χ2v) is 7.78. The molecule has 0 unspecified atom stereocenters. The van der Waals surface area contributed by atoms with Crippen LogP contribution in [0.3, 0.4) is 0 Å². The number of hydrogen-bond donors (Lipinski definition) is 0. The van der Waals surface area contributed by atoms with Crippen molar-refractivity contribution >= 4 is 22.7 Å². The highest BCUT2D eigenvalue weighted by Gasteiger charge is 2.19. The van der Waals surface area contributed by atoms with E-state index >= 15 is 0 Å². The Hall–Kier alpha value is -2.11. The van der Waals surface area contributed by atoms with Crippen LogP contribution < -0.4 is 5.56 Å². The highest BCUT2D eigenvalue weighted by Crippen LogP contribution is 2.26. The summed E-state index contributed by atoms with van der Waals surface area (Å²) in [6.07, 6.45) is 2.43. The lowest BCUT2D eigenvalue weighted by Gasteiger charge is -2.17. The Labute approximate surface area is 157 Å². The van der Waals surface area contributed by atoms with E-state index in [0.29, 0.717) is 5.39 Å². The molecule has 4 rings (SSSR count). The number of thioether (sulfide) groups is 1. The van der Waals surface area contributed by atoms with E-state index in [-0.39, 0.29) is 11.7 Å². The van der Waals surface area contributed by atoms with Gasteiger partial charge in [0.2, 0.25) is 0 Å². The van der Waals surface area contributed by atoms with Crippen molar-refractivity contribution in [1.29, 1.82) is 0 Å². The minimum atomic E-state index is -0.0147. The maximum Gasteiger partial charge on any atom is 0.266 e. The SMILES string of the molecule is Cc1ccc(C)c(-n2c(SC[C@@H]3CCCO3)nc3ccccc3c2=O)c1. The summed E-state index contributed by atoms with van der Waals surface area (Å²) in [5, 5.41) is 1.38. The first-order chi connectivity index (χ1) is 12.6. The van der Waals surface area contributed by atoms with Crippen LogP contribution in [0.15, 0.2) is 52.4 Å². The molecule has 0 saturated carbocycles. The van der Waals surface area contributed by atoms with Crippen molar-refractivity contribution in [2.75, 3.05) is 12.4 Å². The average Bonchev–Trinajstić information content (AvgIpc) is 3.16. The van der Waals surface area contributed by atoms with Gasteiger partial charge in [0.1, 0.15) is 0 Å². The van der Waals surface area contributed by atoms with Crippen LogP contribution in [-0.4, -0.2) is 28.0 Å². The third-order valence-electron chi connectivity index (χ3n) is 4.77. The van der Waals surface area contributed by atoms with Crippen molar-refractivity contribution in [3.05, 3.63) is 63.9 Å². The summed E-state index contributed by atoms with van der Waals surface area (Å²) in [7, 11) is 0. The Bertz CT molecular complexity index is 1010. The van der Waals surface area contributed by atoms with Gasteiger partial charge in [-0.05, 0) is 56.0 Å². The molecular formula is C21H22N2O2S. The zero-order valence-corrected chi connectivity index (χ0v) is 15.9. The molecule has 1 fully saturated rings. The molecule has 1 saturated heterocycles. The minimum Gasteiger partial charge on any atom is -0.377 e. The third kappa shape index (κ3) is 3.29. The van der Waals surface area contributed by atoms with Gasteiger partial charge >= 0.3 is 0 Å². The van der Waals surface area contributed by atoms with Gasteiger partial charge in [-0.2, -0.15) is 0 Å². The van der Waals surface area contributed by atoms with Gasteiger partial charge in [-0.15, -0.1) is 0 Å². The molecule has 5 heteroatoms. The number of ether oxygens (including phenoxy) is 1. The average molecular weight is 366 g/mol. The summed E-state index contributed by atoms with van der Waals surface area (Å²) >= 11 is 1.61. The van der Waals surface area contributed by atoms with E-state index in [1.807, 2.05) is 38.1 Å². The van der Waals surface area contributed by atoms with Crippen LogP contribution in [0.1, 0.15) is 24.0 Å². The molecule has 1 atom stereocenters. The summed E-state index contributed by atoms with van der Waals surface area (Å²) in [6, 6.07) is 13.7. The van der Waals surface area contributed by atoms with Gasteiger partial charge in [0, 0.05) is 12.4 Å². The van der Waals surface area contributed by atoms with Gasteiger partial charge in [0.15, 0.2) is 5.16 Å². The van der Waals surface area contributed by atoms with Crippen LogP contribution in [0, 0.1) is 13.8 Å². The monoisotopic (exact) mass is 366 g/mol. The van der Waals surface area contributed by atoms with Gasteiger partial charge in [-0.25, -0.2) is 4.98 Å². The quantitative estimate of drug-likeness (QED) is 0.511. The van der Waals surface area contributed by atoms with Crippen molar-refractivity contribution in [3.63, 3.8) is 0 Å². The Kier molecular flexibility index (Phi) is 4.83. The molecule has 0 aliphatic carbocycles. The zero-order chi connectivity index (χ0) is 18.1. The molecule has 26 heavy (non-hydrogen) atoms. The number of rotatable bonds is 4. The highest BCUT2D eigenvalue weighted by molar-refractivity contribution is 7.99. The molecule has 3 aromatic rings.